The molecule has 0 unspecified atom stereocenters. The smallest absolute Gasteiger partial charge is 0.213 e. The van der Waals surface area contributed by atoms with Crippen LogP contribution in [0.5, 0.6) is 5.88 Å². The first-order valence-corrected chi connectivity index (χ1v) is 3.74. The van der Waals surface area contributed by atoms with Gasteiger partial charge in [0.2, 0.25) is 5.88 Å². The maximum atomic E-state index is 4.91. The SMILES string of the molecule is COc1ccc(N=C(C)C)cn1. The van der Waals surface area contributed by atoms with Crippen LogP contribution < -0.4 is 4.74 Å². The summed E-state index contributed by atoms with van der Waals surface area (Å²) in [5.74, 6) is 0.614. The Labute approximate surface area is 72.1 Å². The van der Waals surface area contributed by atoms with E-state index in [4.69, 9.17) is 4.74 Å². The first kappa shape index (κ1) is 8.71. The Morgan fingerprint density at radius 1 is 1.42 bits per heavy atom. The van der Waals surface area contributed by atoms with Crippen molar-refractivity contribution in [2.75, 3.05) is 7.11 Å². The van der Waals surface area contributed by atoms with Gasteiger partial charge in [0.25, 0.3) is 0 Å². The lowest BCUT2D eigenvalue weighted by molar-refractivity contribution is 0.398. The predicted molar refractivity (Wildman–Crippen MR) is 49.2 cm³/mol. The van der Waals surface area contributed by atoms with Crippen LogP contribution in [0.1, 0.15) is 13.8 Å². The fourth-order valence-corrected chi connectivity index (χ4v) is 0.818. The topological polar surface area (TPSA) is 34.5 Å². The minimum Gasteiger partial charge on any atom is -0.481 e. The molecule has 0 saturated heterocycles. The Morgan fingerprint density at radius 2 is 2.17 bits per heavy atom. The van der Waals surface area contributed by atoms with Crippen molar-refractivity contribution in [2.24, 2.45) is 4.99 Å². The highest BCUT2D eigenvalue weighted by atomic mass is 16.5. The third-order valence-electron chi connectivity index (χ3n) is 1.28. The number of aromatic nitrogens is 1. The molecule has 0 N–H and O–H groups in total. The van der Waals surface area contributed by atoms with Gasteiger partial charge < -0.3 is 4.74 Å². The van der Waals surface area contributed by atoms with E-state index in [1.165, 1.54) is 0 Å². The lowest BCUT2D eigenvalue weighted by Gasteiger charge is -1.97. The summed E-state index contributed by atoms with van der Waals surface area (Å²) < 4.78 is 4.91. The van der Waals surface area contributed by atoms with Gasteiger partial charge in [-0.15, -0.1) is 0 Å². The average molecular weight is 164 g/mol. The molecule has 12 heavy (non-hydrogen) atoms. The molecule has 64 valence electrons. The monoisotopic (exact) mass is 164 g/mol. The third-order valence-corrected chi connectivity index (χ3v) is 1.28. The normalized spacial score (nSPS) is 9.25. The molecule has 0 aliphatic rings. The van der Waals surface area contributed by atoms with E-state index < -0.39 is 0 Å². The van der Waals surface area contributed by atoms with Crippen LogP contribution in [0.4, 0.5) is 5.69 Å². The van der Waals surface area contributed by atoms with E-state index in [0.717, 1.165) is 11.4 Å². The maximum Gasteiger partial charge on any atom is 0.213 e. The zero-order valence-corrected chi connectivity index (χ0v) is 7.53. The van der Waals surface area contributed by atoms with E-state index in [-0.39, 0.29) is 0 Å². The lowest BCUT2D eigenvalue weighted by Crippen LogP contribution is -1.85. The lowest BCUT2D eigenvalue weighted by atomic mass is 10.4. The summed E-state index contributed by atoms with van der Waals surface area (Å²) in [6.45, 7) is 3.90. The van der Waals surface area contributed by atoms with Gasteiger partial charge in [-0.3, -0.25) is 4.99 Å². The number of rotatable bonds is 2. The zero-order chi connectivity index (χ0) is 8.97. The summed E-state index contributed by atoms with van der Waals surface area (Å²) in [5, 5.41) is 0. The van der Waals surface area contributed by atoms with Gasteiger partial charge in [0.1, 0.15) is 0 Å². The number of hydrogen-bond acceptors (Lipinski definition) is 3. The van der Waals surface area contributed by atoms with Gasteiger partial charge in [-0.1, -0.05) is 0 Å². The van der Waals surface area contributed by atoms with Crippen LogP contribution >= 0.6 is 0 Å². The summed E-state index contributed by atoms with van der Waals surface area (Å²) in [7, 11) is 1.59. The molecular formula is C9H12N2O. The number of ether oxygens (including phenoxy) is 1. The number of hydrogen-bond donors (Lipinski definition) is 0. The molecule has 3 heteroatoms. The quantitative estimate of drug-likeness (QED) is 0.628. The largest absolute Gasteiger partial charge is 0.481 e. The van der Waals surface area contributed by atoms with Crippen LogP contribution in [0.3, 0.4) is 0 Å². The number of aliphatic imine (C=N–C) groups is 1. The van der Waals surface area contributed by atoms with E-state index in [2.05, 4.69) is 9.98 Å². The zero-order valence-electron chi connectivity index (χ0n) is 7.53. The maximum absolute atomic E-state index is 4.91. The second-order valence-corrected chi connectivity index (χ2v) is 2.62. The molecule has 0 aliphatic carbocycles. The predicted octanol–water partition coefficient (Wildman–Crippen LogP) is 2.20. The minimum atomic E-state index is 0.614. The van der Waals surface area contributed by atoms with Gasteiger partial charge in [0, 0.05) is 11.8 Å². The number of pyridine rings is 1. The van der Waals surface area contributed by atoms with Crippen molar-refractivity contribution in [3.63, 3.8) is 0 Å². The van der Waals surface area contributed by atoms with Crippen molar-refractivity contribution in [2.45, 2.75) is 13.8 Å². The molecule has 1 aromatic rings. The van der Waals surface area contributed by atoms with Gasteiger partial charge in [-0.25, -0.2) is 4.98 Å². The molecule has 0 atom stereocenters. The first-order chi connectivity index (χ1) is 5.72. The van der Waals surface area contributed by atoms with Crippen molar-refractivity contribution in [1.82, 2.24) is 4.98 Å². The number of nitrogens with zero attached hydrogens (tertiary/aromatic N) is 2. The van der Waals surface area contributed by atoms with Crippen molar-refractivity contribution >= 4 is 11.4 Å². The third kappa shape index (κ3) is 2.34. The van der Waals surface area contributed by atoms with Gasteiger partial charge in [0.05, 0.1) is 19.0 Å². The molecule has 0 aliphatic heterocycles. The van der Waals surface area contributed by atoms with Crippen molar-refractivity contribution in [3.05, 3.63) is 18.3 Å². The fraction of sp³-hybridized carbons (Fsp3) is 0.333. The fourth-order valence-electron chi connectivity index (χ4n) is 0.818. The summed E-state index contributed by atoms with van der Waals surface area (Å²) in [5.41, 5.74) is 1.87. The van der Waals surface area contributed by atoms with Crippen molar-refractivity contribution in [1.29, 1.82) is 0 Å². The molecule has 0 radical (unpaired) electrons. The Bertz CT molecular complexity index is 273. The highest BCUT2D eigenvalue weighted by molar-refractivity contribution is 5.81. The molecule has 0 bridgehead atoms. The molecule has 0 aromatic carbocycles. The molecule has 0 spiro atoms. The Hall–Kier alpha value is -1.38. The second kappa shape index (κ2) is 3.85. The molecule has 1 aromatic heterocycles. The van der Waals surface area contributed by atoms with Gasteiger partial charge in [0.15, 0.2) is 0 Å². The van der Waals surface area contributed by atoms with Crippen LogP contribution in [0.15, 0.2) is 23.3 Å². The van der Waals surface area contributed by atoms with Gasteiger partial charge in [-0.05, 0) is 19.9 Å². The number of methoxy groups -OCH3 is 1. The van der Waals surface area contributed by atoms with Crippen LogP contribution in [-0.2, 0) is 0 Å². The van der Waals surface area contributed by atoms with Gasteiger partial charge in [-0.2, -0.15) is 0 Å². The van der Waals surface area contributed by atoms with E-state index in [0.29, 0.717) is 5.88 Å². The molecular weight excluding hydrogens is 152 g/mol. The van der Waals surface area contributed by atoms with E-state index in [1.54, 1.807) is 19.4 Å². The van der Waals surface area contributed by atoms with Crippen LogP contribution in [0.25, 0.3) is 0 Å². The molecule has 3 nitrogen and oxygen atoms in total. The Balaban J connectivity index is 2.85. The summed E-state index contributed by atoms with van der Waals surface area (Å²) in [4.78, 5) is 8.25. The summed E-state index contributed by atoms with van der Waals surface area (Å²) >= 11 is 0. The molecule has 0 amide bonds. The summed E-state index contributed by atoms with van der Waals surface area (Å²) in [6.07, 6.45) is 1.69. The highest BCUT2D eigenvalue weighted by Gasteiger charge is 1.92. The van der Waals surface area contributed by atoms with Crippen LogP contribution in [-0.4, -0.2) is 17.8 Å². The average Bonchev–Trinajstić information content (AvgIpc) is 2.05. The van der Waals surface area contributed by atoms with Crippen LogP contribution in [0, 0.1) is 0 Å². The van der Waals surface area contributed by atoms with Crippen LogP contribution in [0.2, 0.25) is 0 Å². The van der Waals surface area contributed by atoms with Crippen molar-refractivity contribution < 1.29 is 4.74 Å². The highest BCUT2D eigenvalue weighted by Crippen LogP contribution is 2.13. The molecule has 1 rings (SSSR count). The van der Waals surface area contributed by atoms with E-state index in [1.807, 2.05) is 19.9 Å². The summed E-state index contributed by atoms with van der Waals surface area (Å²) in [6, 6.07) is 3.67. The second-order valence-electron chi connectivity index (χ2n) is 2.62. The van der Waals surface area contributed by atoms with E-state index >= 15 is 0 Å². The molecule has 0 fully saturated rings. The minimum absolute atomic E-state index is 0.614. The van der Waals surface area contributed by atoms with E-state index in [9.17, 15) is 0 Å². The Morgan fingerprint density at radius 3 is 2.58 bits per heavy atom. The Kier molecular flexibility index (Phi) is 2.80. The standard InChI is InChI=1S/C9H12N2O/c1-7(2)11-8-4-5-9(12-3)10-6-8/h4-6H,1-3H3. The first-order valence-electron chi connectivity index (χ1n) is 3.74. The molecule has 1 heterocycles. The van der Waals surface area contributed by atoms with Gasteiger partial charge >= 0.3 is 0 Å². The molecule has 0 saturated carbocycles. The van der Waals surface area contributed by atoms with Crippen molar-refractivity contribution in [3.8, 4) is 5.88 Å².